The van der Waals surface area contributed by atoms with Crippen molar-refractivity contribution in [3.05, 3.63) is 47.5 Å². The maximum Gasteiger partial charge on any atom is 0.254 e. The van der Waals surface area contributed by atoms with E-state index in [0.29, 0.717) is 18.2 Å². The molecule has 0 aliphatic heterocycles. The molecule has 0 spiro atoms. The topological polar surface area (TPSA) is 59.8 Å². The standard InChI is InChI=1S/C20H28N4O/c1-4-15(5-2)24-17(6-3)16(13-23-24)19(25)22-14-20(10-11-20)18-9-7-8-12-21-18/h7-9,12-13,15H,4-6,10-11,14H2,1-3H3,(H,22,25). The number of carbonyl (C=O) groups is 1. The predicted octanol–water partition coefficient (Wildman–Crippen LogP) is 3.66. The third-order valence-electron chi connectivity index (χ3n) is 5.42. The molecular weight excluding hydrogens is 312 g/mol. The van der Waals surface area contributed by atoms with Crippen molar-refractivity contribution in [2.45, 2.75) is 64.3 Å². The van der Waals surface area contributed by atoms with Gasteiger partial charge >= 0.3 is 0 Å². The Kier molecular flexibility index (Phi) is 5.21. The summed E-state index contributed by atoms with van der Waals surface area (Å²) in [5.74, 6) is -0.0173. The van der Waals surface area contributed by atoms with Gasteiger partial charge < -0.3 is 5.32 Å². The van der Waals surface area contributed by atoms with E-state index in [9.17, 15) is 4.79 Å². The number of nitrogens with one attached hydrogen (secondary N) is 1. The third kappa shape index (κ3) is 3.46. The molecule has 25 heavy (non-hydrogen) atoms. The number of amides is 1. The summed E-state index contributed by atoms with van der Waals surface area (Å²) in [6.07, 6.45) is 8.57. The largest absolute Gasteiger partial charge is 0.351 e. The van der Waals surface area contributed by atoms with Crippen LogP contribution in [-0.4, -0.2) is 27.2 Å². The Labute approximate surface area is 149 Å². The van der Waals surface area contributed by atoms with Crippen LogP contribution in [0.3, 0.4) is 0 Å². The number of aromatic nitrogens is 3. The number of carbonyl (C=O) groups excluding carboxylic acids is 1. The Balaban J connectivity index is 1.72. The van der Waals surface area contributed by atoms with E-state index in [2.05, 4.69) is 42.2 Å². The van der Waals surface area contributed by atoms with Gasteiger partial charge in [-0.25, -0.2) is 0 Å². The second-order valence-corrected chi connectivity index (χ2v) is 6.95. The molecule has 5 nitrogen and oxygen atoms in total. The van der Waals surface area contributed by atoms with Crippen molar-refractivity contribution < 1.29 is 4.79 Å². The van der Waals surface area contributed by atoms with Crippen LogP contribution in [0.1, 0.15) is 74.2 Å². The summed E-state index contributed by atoms with van der Waals surface area (Å²) in [5.41, 5.74) is 2.85. The molecule has 3 rings (SSSR count). The molecule has 0 radical (unpaired) electrons. The number of hydrogen-bond acceptors (Lipinski definition) is 3. The normalized spacial score (nSPS) is 15.4. The fourth-order valence-electron chi connectivity index (χ4n) is 3.57. The van der Waals surface area contributed by atoms with Crippen LogP contribution in [0.25, 0.3) is 0 Å². The van der Waals surface area contributed by atoms with Crippen LogP contribution in [0.2, 0.25) is 0 Å². The van der Waals surface area contributed by atoms with Crippen LogP contribution < -0.4 is 5.32 Å². The molecule has 1 aliphatic rings. The van der Waals surface area contributed by atoms with E-state index in [1.807, 2.05) is 23.0 Å². The average molecular weight is 340 g/mol. The van der Waals surface area contributed by atoms with Crippen LogP contribution in [0.15, 0.2) is 30.6 Å². The zero-order valence-electron chi connectivity index (χ0n) is 15.5. The second-order valence-electron chi connectivity index (χ2n) is 6.95. The van der Waals surface area contributed by atoms with Crippen molar-refractivity contribution in [2.24, 2.45) is 0 Å². The van der Waals surface area contributed by atoms with Gasteiger partial charge in [-0.05, 0) is 44.2 Å². The van der Waals surface area contributed by atoms with E-state index in [4.69, 9.17) is 0 Å². The molecule has 134 valence electrons. The lowest BCUT2D eigenvalue weighted by molar-refractivity contribution is 0.0948. The van der Waals surface area contributed by atoms with Crippen LogP contribution in [-0.2, 0) is 11.8 Å². The minimum absolute atomic E-state index is 0.0173. The average Bonchev–Trinajstić information content (AvgIpc) is 3.34. The first-order valence-electron chi connectivity index (χ1n) is 9.41. The molecule has 2 aromatic heterocycles. The Morgan fingerprint density at radius 3 is 2.60 bits per heavy atom. The Morgan fingerprint density at radius 1 is 1.28 bits per heavy atom. The Hall–Kier alpha value is -2.17. The van der Waals surface area contributed by atoms with Crippen molar-refractivity contribution in [2.75, 3.05) is 6.54 Å². The third-order valence-corrected chi connectivity index (χ3v) is 5.42. The van der Waals surface area contributed by atoms with Gasteiger partial charge in [0.25, 0.3) is 5.91 Å². The van der Waals surface area contributed by atoms with E-state index < -0.39 is 0 Å². The molecule has 0 unspecified atom stereocenters. The summed E-state index contributed by atoms with van der Waals surface area (Å²) in [5, 5.41) is 7.64. The van der Waals surface area contributed by atoms with Crippen molar-refractivity contribution in [3.63, 3.8) is 0 Å². The molecular formula is C20H28N4O. The van der Waals surface area contributed by atoms with Crippen molar-refractivity contribution in [1.82, 2.24) is 20.1 Å². The number of nitrogens with zero attached hydrogens (tertiary/aromatic N) is 3. The lowest BCUT2D eigenvalue weighted by Crippen LogP contribution is -2.33. The van der Waals surface area contributed by atoms with Gasteiger partial charge in [-0.3, -0.25) is 14.5 Å². The maximum absolute atomic E-state index is 12.8. The van der Waals surface area contributed by atoms with Crippen molar-refractivity contribution in [1.29, 1.82) is 0 Å². The zero-order valence-corrected chi connectivity index (χ0v) is 15.5. The van der Waals surface area contributed by atoms with Gasteiger partial charge in [0.15, 0.2) is 0 Å². The molecule has 1 fully saturated rings. The molecule has 1 N–H and O–H groups in total. The van der Waals surface area contributed by atoms with Gasteiger partial charge in [0, 0.05) is 23.9 Å². The van der Waals surface area contributed by atoms with Crippen LogP contribution in [0.5, 0.6) is 0 Å². The summed E-state index contributed by atoms with van der Waals surface area (Å²) in [4.78, 5) is 17.2. The highest BCUT2D eigenvalue weighted by Gasteiger charge is 2.45. The lowest BCUT2D eigenvalue weighted by Gasteiger charge is -2.18. The summed E-state index contributed by atoms with van der Waals surface area (Å²) >= 11 is 0. The summed E-state index contributed by atoms with van der Waals surface area (Å²) in [7, 11) is 0. The predicted molar refractivity (Wildman–Crippen MR) is 98.7 cm³/mol. The molecule has 0 aromatic carbocycles. The first-order valence-corrected chi connectivity index (χ1v) is 9.41. The van der Waals surface area contributed by atoms with Gasteiger partial charge in [0.2, 0.25) is 0 Å². The van der Waals surface area contributed by atoms with Crippen molar-refractivity contribution >= 4 is 5.91 Å². The Bertz CT molecular complexity index is 715. The van der Waals surface area contributed by atoms with Gasteiger partial charge in [0.1, 0.15) is 0 Å². The van der Waals surface area contributed by atoms with Crippen LogP contribution in [0, 0.1) is 0 Å². The zero-order chi connectivity index (χ0) is 17.9. The summed E-state index contributed by atoms with van der Waals surface area (Å²) < 4.78 is 2.04. The molecule has 2 heterocycles. The minimum Gasteiger partial charge on any atom is -0.351 e. The molecule has 5 heteroatoms. The van der Waals surface area contributed by atoms with Crippen molar-refractivity contribution in [3.8, 4) is 0 Å². The van der Waals surface area contributed by atoms with Crippen LogP contribution >= 0.6 is 0 Å². The number of rotatable bonds is 8. The highest BCUT2D eigenvalue weighted by Crippen LogP contribution is 2.46. The van der Waals surface area contributed by atoms with Gasteiger partial charge in [-0.1, -0.05) is 26.8 Å². The molecule has 2 aromatic rings. The SMILES string of the molecule is CCc1c(C(=O)NCC2(c3ccccn3)CC2)cnn1C(CC)CC. The molecule has 0 atom stereocenters. The minimum atomic E-state index is -0.0173. The molecule has 1 amide bonds. The number of pyridine rings is 1. The van der Waals surface area contributed by atoms with Gasteiger partial charge in [-0.15, -0.1) is 0 Å². The first-order chi connectivity index (χ1) is 12.1. The first kappa shape index (κ1) is 17.6. The fourth-order valence-corrected chi connectivity index (χ4v) is 3.57. The van der Waals surface area contributed by atoms with E-state index >= 15 is 0 Å². The van der Waals surface area contributed by atoms with E-state index in [-0.39, 0.29) is 11.3 Å². The summed E-state index contributed by atoms with van der Waals surface area (Å²) in [6, 6.07) is 6.36. The second kappa shape index (κ2) is 7.38. The monoisotopic (exact) mass is 340 g/mol. The van der Waals surface area contributed by atoms with Crippen LogP contribution in [0.4, 0.5) is 0 Å². The molecule has 1 saturated carbocycles. The fraction of sp³-hybridized carbons (Fsp3) is 0.550. The smallest absolute Gasteiger partial charge is 0.254 e. The van der Waals surface area contributed by atoms with Gasteiger partial charge in [-0.2, -0.15) is 5.10 Å². The maximum atomic E-state index is 12.8. The highest BCUT2D eigenvalue weighted by atomic mass is 16.1. The quantitative estimate of drug-likeness (QED) is 0.798. The summed E-state index contributed by atoms with van der Waals surface area (Å²) in [6.45, 7) is 7.06. The molecule has 0 saturated heterocycles. The van der Waals surface area contributed by atoms with Gasteiger partial charge in [0.05, 0.1) is 23.5 Å². The van der Waals surface area contributed by atoms with E-state index in [1.54, 1.807) is 6.20 Å². The van der Waals surface area contributed by atoms with E-state index in [0.717, 1.165) is 43.5 Å². The lowest BCUT2D eigenvalue weighted by atomic mass is 10.0. The highest BCUT2D eigenvalue weighted by molar-refractivity contribution is 5.95. The number of hydrogen-bond donors (Lipinski definition) is 1. The Morgan fingerprint density at radius 2 is 2.04 bits per heavy atom. The molecule has 0 bridgehead atoms. The molecule has 1 aliphatic carbocycles. The van der Waals surface area contributed by atoms with E-state index in [1.165, 1.54) is 0 Å².